The van der Waals surface area contributed by atoms with Crippen LogP contribution >= 0.6 is 0 Å². The van der Waals surface area contributed by atoms with Crippen molar-refractivity contribution in [1.29, 1.82) is 15.8 Å². The molecule has 0 aliphatic heterocycles. The van der Waals surface area contributed by atoms with Gasteiger partial charge < -0.3 is 0 Å². The minimum Gasteiger partial charge on any atom is -0.254 e. The standard InChI is InChI=1S/C25H9F2N5/c26-14-9-18-15(5-6-28)23(20(13(11-29)12-30)22(18)19(27)10-14)21-16-3-1-7-31-24(16)25-17(21)4-2-8-32-25/h1-5,7-10H/b15-5+. The molecule has 5 nitrogen and oxygen atoms in total. The summed E-state index contributed by atoms with van der Waals surface area (Å²) < 4.78 is 29.2. The van der Waals surface area contributed by atoms with Gasteiger partial charge in [-0.25, -0.2) is 8.78 Å². The summed E-state index contributed by atoms with van der Waals surface area (Å²) in [5, 5.41) is 28.8. The van der Waals surface area contributed by atoms with E-state index in [0.29, 0.717) is 39.7 Å². The van der Waals surface area contributed by atoms with Gasteiger partial charge in [0.1, 0.15) is 29.3 Å². The minimum atomic E-state index is -0.923. The number of pyridine rings is 2. The number of rotatable bonds is 0. The summed E-state index contributed by atoms with van der Waals surface area (Å²) >= 11 is 0. The van der Waals surface area contributed by atoms with Crippen LogP contribution in [0.2, 0.25) is 0 Å². The largest absolute Gasteiger partial charge is 0.254 e. The highest BCUT2D eigenvalue weighted by Gasteiger charge is 2.38. The molecule has 0 spiro atoms. The van der Waals surface area contributed by atoms with Gasteiger partial charge in [-0.3, -0.25) is 9.97 Å². The third kappa shape index (κ3) is 2.51. The molecule has 0 unspecified atom stereocenters. The van der Waals surface area contributed by atoms with Gasteiger partial charge in [0, 0.05) is 63.5 Å². The second-order valence-electron chi connectivity index (χ2n) is 7.02. The molecule has 1 aromatic carbocycles. The van der Waals surface area contributed by atoms with Crippen molar-refractivity contribution >= 4 is 16.7 Å². The monoisotopic (exact) mass is 417 g/mol. The zero-order valence-electron chi connectivity index (χ0n) is 16.2. The molecule has 2 aliphatic rings. The van der Waals surface area contributed by atoms with Crippen molar-refractivity contribution in [2.45, 2.75) is 0 Å². The number of nitrogens with zero attached hydrogens (tertiary/aromatic N) is 5. The van der Waals surface area contributed by atoms with Crippen molar-refractivity contribution in [3.8, 4) is 29.6 Å². The number of hydrogen-bond acceptors (Lipinski definition) is 5. The van der Waals surface area contributed by atoms with Gasteiger partial charge in [0.2, 0.25) is 0 Å². The van der Waals surface area contributed by atoms with E-state index in [1.165, 1.54) is 6.08 Å². The predicted molar refractivity (Wildman–Crippen MR) is 112 cm³/mol. The topological polar surface area (TPSA) is 97.2 Å². The summed E-state index contributed by atoms with van der Waals surface area (Å²) in [6, 6.07) is 14.4. The van der Waals surface area contributed by atoms with Crippen molar-refractivity contribution in [2.75, 3.05) is 0 Å². The first-order valence-electron chi connectivity index (χ1n) is 9.41. The Labute approximate surface area is 181 Å². The van der Waals surface area contributed by atoms with E-state index in [9.17, 15) is 20.2 Å². The molecule has 0 saturated carbocycles. The molecule has 0 fully saturated rings. The normalized spacial score (nSPS) is 14.3. The number of allylic oxidation sites excluding steroid dienone is 5. The van der Waals surface area contributed by atoms with E-state index in [4.69, 9.17) is 0 Å². The van der Waals surface area contributed by atoms with E-state index < -0.39 is 11.6 Å². The maximum absolute atomic E-state index is 15.1. The van der Waals surface area contributed by atoms with Gasteiger partial charge in [-0.15, -0.1) is 0 Å². The number of fused-ring (bicyclic) bond motifs is 4. The highest BCUT2D eigenvalue weighted by Crippen LogP contribution is 2.55. The van der Waals surface area contributed by atoms with Crippen LogP contribution in [0.1, 0.15) is 22.3 Å². The number of benzene rings is 1. The molecule has 7 heteroatoms. The lowest BCUT2D eigenvalue weighted by molar-refractivity contribution is 0.581. The first kappa shape index (κ1) is 19.1. The Morgan fingerprint density at radius 3 is 2.03 bits per heavy atom. The zero-order valence-corrected chi connectivity index (χ0v) is 16.2. The molecule has 2 heterocycles. The summed E-state index contributed by atoms with van der Waals surface area (Å²) in [6.07, 6.45) is 4.40. The summed E-state index contributed by atoms with van der Waals surface area (Å²) in [5.74, 6) is -1.75. The van der Waals surface area contributed by atoms with Crippen molar-refractivity contribution in [1.82, 2.24) is 9.97 Å². The number of halogens is 2. The highest BCUT2D eigenvalue weighted by molar-refractivity contribution is 6.19. The van der Waals surface area contributed by atoms with Gasteiger partial charge in [-0.1, -0.05) is 12.1 Å². The SMILES string of the molecule is N#C/C=C1/C(=C2c3cccnc3-c3ncccc32)C(=C(C#N)C#N)c2c(F)cc(F)cc21. The molecule has 0 saturated heterocycles. The molecule has 2 aromatic heterocycles. The Balaban J connectivity index is 2.05. The first-order valence-corrected chi connectivity index (χ1v) is 9.41. The highest BCUT2D eigenvalue weighted by atomic mass is 19.1. The van der Waals surface area contributed by atoms with Crippen molar-refractivity contribution in [3.05, 3.63) is 99.9 Å². The zero-order chi connectivity index (χ0) is 22.4. The third-order valence-corrected chi connectivity index (χ3v) is 5.43. The number of nitriles is 3. The minimum absolute atomic E-state index is 0.0190. The van der Waals surface area contributed by atoms with Crippen LogP contribution in [0.5, 0.6) is 0 Å². The summed E-state index contributed by atoms with van der Waals surface area (Å²) in [5.41, 5.74) is 3.23. The summed E-state index contributed by atoms with van der Waals surface area (Å²) in [4.78, 5) is 8.85. The molecule has 0 amide bonds. The van der Waals surface area contributed by atoms with Crippen LogP contribution in [-0.2, 0) is 0 Å². The fraction of sp³-hybridized carbons (Fsp3) is 0. The lowest BCUT2D eigenvalue weighted by Crippen LogP contribution is -1.95. The Morgan fingerprint density at radius 2 is 1.47 bits per heavy atom. The van der Waals surface area contributed by atoms with Crippen LogP contribution in [0.3, 0.4) is 0 Å². The van der Waals surface area contributed by atoms with E-state index in [2.05, 4.69) is 9.97 Å². The molecule has 0 N–H and O–H groups in total. The van der Waals surface area contributed by atoms with Crippen LogP contribution < -0.4 is 0 Å². The van der Waals surface area contributed by atoms with E-state index in [0.717, 1.165) is 6.07 Å². The first-order chi connectivity index (χ1) is 15.6. The molecule has 0 bridgehead atoms. The average Bonchev–Trinajstić information content (AvgIpc) is 3.28. The third-order valence-electron chi connectivity index (χ3n) is 5.43. The van der Waals surface area contributed by atoms with Gasteiger partial charge in [0.05, 0.1) is 17.5 Å². The van der Waals surface area contributed by atoms with Crippen LogP contribution in [0.15, 0.2) is 66.0 Å². The predicted octanol–water partition coefficient (Wildman–Crippen LogP) is 4.96. The number of aromatic nitrogens is 2. The van der Waals surface area contributed by atoms with E-state index in [-0.39, 0.29) is 27.8 Å². The Bertz CT molecular complexity index is 1510. The average molecular weight is 417 g/mol. The van der Waals surface area contributed by atoms with Gasteiger partial charge in [0.15, 0.2) is 0 Å². The van der Waals surface area contributed by atoms with Crippen molar-refractivity contribution in [3.63, 3.8) is 0 Å². The molecular formula is C25H9F2N5. The second-order valence-corrected chi connectivity index (χ2v) is 7.02. The molecule has 5 rings (SSSR count). The lowest BCUT2D eigenvalue weighted by Gasteiger charge is -2.11. The van der Waals surface area contributed by atoms with Gasteiger partial charge >= 0.3 is 0 Å². The van der Waals surface area contributed by atoms with Crippen LogP contribution in [-0.4, -0.2) is 9.97 Å². The van der Waals surface area contributed by atoms with E-state index in [1.54, 1.807) is 36.7 Å². The Hall–Kier alpha value is -4.93. The quantitative estimate of drug-likeness (QED) is 0.377. The number of hydrogen-bond donors (Lipinski definition) is 0. The van der Waals surface area contributed by atoms with Crippen LogP contribution in [0.4, 0.5) is 8.78 Å². The van der Waals surface area contributed by atoms with Crippen molar-refractivity contribution in [2.24, 2.45) is 0 Å². The maximum Gasteiger partial charge on any atom is 0.138 e. The summed E-state index contributed by atoms with van der Waals surface area (Å²) in [7, 11) is 0. The molecule has 0 radical (unpaired) electrons. The Kier molecular flexibility index (Phi) is 4.22. The lowest BCUT2D eigenvalue weighted by atomic mass is 9.89. The molecule has 3 aromatic rings. The Morgan fingerprint density at radius 1 is 0.844 bits per heavy atom. The summed E-state index contributed by atoms with van der Waals surface area (Å²) in [6.45, 7) is 0. The van der Waals surface area contributed by atoms with Gasteiger partial charge in [-0.2, -0.15) is 15.8 Å². The van der Waals surface area contributed by atoms with Gasteiger partial charge in [-0.05, 0) is 23.8 Å². The van der Waals surface area contributed by atoms with E-state index >= 15 is 4.39 Å². The molecule has 0 atom stereocenters. The second kappa shape index (κ2) is 7.09. The van der Waals surface area contributed by atoms with Gasteiger partial charge in [0.25, 0.3) is 0 Å². The fourth-order valence-electron chi connectivity index (χ4n) is 4.30. The van der Waals surface area contributed by atoms with E-state index in [1.807, 2.05) is 18.2 Å². The molecule has 148 valence electrons. The molecular weight excluding hydrogens is 408 g/mol. The molecule has 2 aliphatic carbocycles. The molecule has 32 heavy (non-hydrogen) atoms. The van der Waals surface area contributed by atoms with Crippen LogP contribution in [0.25, 0.3) is 28.1 Å². The smallest absolute Gasteiger partial charge is 0.138 e. The van der Waals surface area contributed by atoms with Crippen LogP contribution in [0, 0.1) is 45.6 Å². The maximum atomic E-state index is 15.1. The van der Waals surface area contributed by atoms with Crippen molar-refractivity contribution < 1.29 is 8.78 Å². The fourth-order valence-corrected chi connectivity index (χ4v) is 4.30.